The van der Waals surface area contributed by atoms with E-state index in [-0.39, 0.29) is 11.6 Å². The van der Waals surface area contributed by atoms with Crippen molar-refractivity contribution in [2.24, 2.45) is 0 Å². The molecule has 0 aliphatic heterocycles. The lowest BCUT2D eigenvalue weighted by atomic mass is 10.1. The molecule has 0 bridgehead atoms. The van der Waals surface area contributed by atoms with E-state index in [2.05, 4.69) is 16.0 Å². The van der Waals surface area contributed by atoms with Crippen LogP contribution in [0.4, 0.5) is 11.4 Å². The van der Waals surface area contributed by atoms with E-state index in [0.717, 1.165) is 10.5 Å². The number of carbonyl (C=O) groups is 3. The molecular formula is C35H34ClN3O6S. The highest BCUT2D eigenvalue weighted by atomic mass is 35.5. The van der Waals surface area contributed by atoms with Crippen molar-refractivity contribution in [1.29, 1.82) is 0 Å². The van der Waals surface area contributed by atoms with Crippen LogP contribution in [0.1, 0.15) is 28.4 Å². The molecule has 3 amide bonds. The fraction of sp³-hybridized carbons (Fsp3) is 0.171. The predicted octanol–water partition coefficient (Wildman–Crippen LogP) is 7.20. The number of nitrogens with one attached hydrogen (secondary N) is 3. The maximum absolute atomic E-state index is 13.5. The summed E-state index contributed by atoms with van der Waals surface area (Å²) in [5, 5.41) is 8.62. The number of carbonyl (C=O) groups excluding carboxylic acids is 3. The number of anilines is 2. The molecule has 0 saturated carbocycles. The summed E-state index contributed by atoms with van der Waals surface area (Å²) in [6.07, 6.45) is 1.52. The van der Waals surface area contributed by atoms with Gasteiger partial charge in [-0.1, -0.05) is 35.9 Å². The van der Waals surface area contributed by atoms with E-state index in [4.69, 9.17) is 25.8 Å². The normalized spacial score (nSPS) is 11.7. The Labute approximate surface area is 277 Å². The molecule has 9 nitrogen and oxygen atoms in total. The van der Waals surface area contributed by atoms with Crippen molar-refractivity contribution in [2.75, 3.05) is 32.0 Å². The Morgan fingerprint density at radius 2 is 1.43 bits per heavy atom. The molecule has 1 unspecified atom stereocenters. The third-order valence-corrected chi connectivity index (χ3v) is 8.28. The smallest absolute Gasteiger partial charge is 0.272 e. The number of hydrogen-bond acceptors (Lipinski definition) is 7. The second-order valence-corrected chi connectivity index (χ2v) is 11.9. The van der Waals surface area contributed by atoms with Crippen molar-refractivity contribution in [3.05, 3.63) is 112 Å². The second-order valence-electron chi connectivity index (χ2n) is 10.0. The van der Waals surface area contributed by atoms with Crippen molar-refractivity contribution in [3.63, 3.8) is 0 Å². The minimum atomic E-state index is -0.553. The number of amides is 3. The number of hydrogen-bond donors (Lipinski definition) is 3. The van der Waals surface area contributed by atoms with Crippen LogP contribution in [0.25, 0.3) is 6.08 Å². The molecule has 4 aromatic carbocycles. The van der Waals surface area contributed by atoms with Gasteiger partial charge in [0.05, 0.1) is 26.6 Å². The van der Waals surface area contributed by atoms with Gasteiger partial charge in [0.25, 0.3) is 11.8 Å². The molecule has 0 heterocycles. The third-order valence-electron chi connectivity index (χ3n) is 6.76. The van der Waals surface area contributed by atoms with Crippen molar-refractivity contribution in [1.82, 2.24) is 5.32 Å². The maximum atomic E-state index is 13.5. The highest BCUT2D eigenvalue weighted by molar-refractivity contribution is 8.00. The quantitative estimate of drug-likeness (QED) is 0.109. The Kier molecular flexibility index (Phi) is 11.7. The van der Waals surface area contributed by atoms with Gasteiger partial charge < -0.3 is 30.2 Å². The minimum absolute atomic E-state index is 0.0110. The number of halogens is 1. The summed E-state index contributed by atoms with van der Waals surface area (Å²) in [7, 11) is 4.48. The number of benzene rings is 4. The Hall–Kier alpha value is -4.93. The number of rotatable bonds is 12. The molecule has 11 heteroatoms. The van der Waals surface area contributed by atoms with E-state index in [9.17, 15) is 14.4 Å². The summed E-state index contributed by atoms with van der Waals surface area (Å²) >= 11 is 7.55. The lowest BCUT2D eigenvalue weighted by molar-refractivity contribution is -0.115. The Morgan fingerprint density at radius 1 is 0.804 bits per heavy atom. The molecule has 0 aromatic heterocycles. The van der Waals surface area contributed by atoms with E-state index in [1.54, 1.807) is 85.8 Å². The first-order valence-corrected chi connectivity index (χ1v) is 15.4. The molecule has 0 spiro atoms. The van der Waals surface area contributed by atoms with E-state index >= 15 is 0 Å². The van der Waals surface area contributed by atoms with Gasteiger partial charge in [-0.25, -0.2) is 0 Å². The Balaban J connectivity index is 1.51. The number of methoxy groups -OCH3 is 3. The largest absolute Gasteiger partial charge is 0.493 e. The van der Waals surface area contributed by atoms with Gasteiger partial charge in [0, 0.05) is 26.9 Å². The predicted molar refractivity (Wildman–Crippen MR) is 183 cm³/mol. The summed E-state index contributed by atoms with van der Waals surface area (Å²) in [5.74, 6) is -0.00470. The number of ether oxygens (including phenoxy) is 3. The van der Waals surface area contributed by atoms with Crippen LogP contribution in [0.5, 0.6) is 17.2 Å². The minimum Gasteiger partial charge on any atom is -0.493 e. The third kappa shape index (κ3) is 8.83. The molecule has 0 radical (unpaired) electrons. The van der Waals surface area contributed by atoms with Crippen LogP contribution in [0, 0.1) is 6.92 Å². The van der Waals surface area contributed by atoms with Crippen LogP contribution < -0.4 is 30.2 Å². The molecular weight excluding hydrogens is 626 g/mol. The summed E-state index contributed by atoms with van der Waals surface area (Å²) in [6.45, 7) is 3.70. The highest BCUT2D eigenvalue weighted by Gasteiger charge is 2.19. The van der Waals surface area contributed by atoms with E-state index in [1.807, 2.05) is 13.0 Å². The average Bonchev–Trinajstić information content (AvgIpc) is 3.06. The SMILES string of the molecule is COc1cc(/C=C(\NC(=O)c2ccccc2)C(=O)Nc2ccc(SC(C)C(=O)Nc3ccc(C)c(Cl)c3)cc2)cc(OC)c1OC. The monoisotopic (exact) mass is 659 g/mol. The van der Waals surface area contributed by atoms with Crippen molar-refractivity contribution in [2.45, 2.75) is 24.0 Å². The summed E-state index contributed by atoms with van der Waals surface area (Å²) in [4.78, 5) is 40.2. The second kappa shape index (κ2) is 15.9. The maximum Gasteiger partial charge on any atom is 0.272 e. The molecule has 0 aliphatic carbocycles. The lowest BCUT2D eigenvalue weighted by Crippen LogP contribution is -2.30. The number of aryl methyl sites for hydroxylation is 1. The molecule has 238 valence electrons. The zero-order chi connectivity index (χ0) is 33.2. The standard InChI is InChI=1S/C35H34ClN3O6S/c1-21-11-12-26(20-28(21)36)38-33(40)22(2)46-27-15-13-25(14-16-27)37-35(42)29(39-34(41)24-9-7-6-8-10-24)17-23-18-30(43-3)32(45-5)31(19-23)44-4/h6-20,22H,1-5H3,(H,37,42)(H,38,40)(H,39,41)/b29-17-. The molecule has 4 aromatic rings. The van der Waals surface area contributed by atoms with Crippen LogP contribution >= 0.6 is 23.4 Å². The highest BCUT2D eigenvalue weighted by Crippen LogP contribution is 2.38. The summed E-state index contributed by atoms with van der Waals surface area (Å²) < 4.78 is 16.3. The van der Waals surface area contributed by atoms with Gasteiger partial charge in [-0.2, -0.15) is 0 Å². The van der Waals surface area contributed by atoms with Gasteiger partial charge in [0.2, 0.25) is 11.7 Å². The van der Waals surface area contributed by atoms with Gasteiger partial charge in [-0.05, 0) is 91.7 Å². The first-order valence-electron chi connectivity index (χ1n) is 14.1. The zero-order valence-electron chi connectivity index (χ0n) is 26.0. The molecule has 0 fully saturated rings. The fourth-order valence-corrected chi connectivity index (χ4v) is 5.33. The summed E-state index contributed by atoms with van der Waals surface area (Å²) in [6, 6.07) is 24.3. The van der Waals surface area contributed by atoms with Gasteiger partial charge in [-0.15, -0.1) is 11.8 Å². The molecule has 1 atom stereocenters. The van der Waals surface area contributed by atoms with Crippen molar-refractivity contribution < 1.29 is 28.6 Å². The lowest BCUT2D eigenvalue weighted by Gasteiger charge is -2.15. The molecule has 3 N–H and O–H groups in total. The van der Waals surface area contributed by atoms with E-state index < -0.39 is 17.1 Å². The van der Waals surface area contributed by atoms with Crippen molar-refractivity contribution >= 4 is 58.5 Å². The van der Waals surface area contributed by atoms with E-state index in [0.29, 0.717) is 44.8 Å². The molecule has 4 rings (SSSR count). The first-order chi connectivity index (χ1) is 22.1. The average molecular weight is 660 g/mol. The van der Waals surface area contributed by atoms with Crippen molar-refractivity contribution in [3.8, 4) is 17.2 Å². The molecule has 0 saturated heterocycles. The Morgan fingerprint density at radius 3 is 2.02 bits per heavy atom. The Bertz CT molecular complexity index is 1720. The molecule has 0 aliphatic rings. The van der Waals surface area contributed by atoms with Crippen LogP contribution in [0.15, 0.2) is 95.5 Å². The molecule has 46 heavy (non-hydrogen) atoms. The topological polar surface area (TPSA) is 115 Å². The van der Waals surface area contributed by atoms with Gasteiger partial charge in [0.1, 0.15) is 5.70 Å². The van der Waals surface area contributed by atoms with Crippen LogP contribution in [0.2, 0.25) is 5.02 Å². The van der Waals surface area contributed by atoms with Gasteiger partial charge >= 0.3 is 0 Å². The summed E-state index contributed by atoms with van der Waals surface area (Å²) in [5.41, 5.74) is 2.95. The van der Waals surface area contributed by atoms with Crippen LogP contribution in [-0.2, 0) is 9.59 Å². The van der Waals surface area contributed by atoms with Crippen LogP contribution in [0.3, 0.4) is 0 Å². The van der Waals surface area contributed by atoms with Crippen LogP contribution in [-0.4, -0.2) is 44.3 Å². The fourth-order valence-electron chi connectivity index (χ4n) is 4.28. The first kappa shape index (κ1) is 34.0. The number of thioether (sulfide) groups is 1. The van der Waals surface area contributed by atoms with Gasteiger partial charge in [-0.3, -0.25) is 14.4 Å². The zero-order valence-corrected chi connectivity index (χ0v) is 27.5. The van der Waals surface area contributed by atoms with Gasteiger partial charge in [0.15, 0.2) is 11.5 Å². The van der Waals surface area contributed by atoms with E-state index in [1.165, 1.54) is 39.2 Å².